The van der Waals surface area contributed by atoms with Gasteiger partial charge in [-0.3, -0.25) is 14.9 Å². The first-order chi connectivity index (χ1) is 12.1. The first-order valence-electron chi connectivity index (χ1n) is 9.13. The van der Waals surface area contributed by atoms with Gasteiger partial charge in [0.15, 0.2) is 0 Å². The van der Waals surface area contributed by atoms with Gasteiger partial charge in [-0.15, -0.1) is 0 Å². The molecule has 3 heterocycles. The van der Waals surface area contributed by atoms with E-state index in [-0.39, 0.29) is 5.41 Å². The van der Waals surface area contributed by atoms with Gasteiger partial charge < -0.3 is 10.1 Å². The molecule has 5 heteroatoms. The Morgan fingerprint density at radius 2 is 2.08 bits per heavy atom. The number of nitrogens with one attached hydrogen (secondary N) is 1. The zero-order chi connectivity index (χ0) is 17.3. The van der Waals surface area contributed by atoms with E-state index in [0.29, 0.717) is 0 Å². The van der Waals surface area contributed by atoms with E-state index in [0.717, 1.165) is 62.0 Å². The lowest BCUT2D eigenvalue weighted by Crippen LogP contribution is -2.28. The molecular formula is C20H26N4O. The summed E-state index contributed by atoms with van der Waals surface area (Å²) < 4.78 is 5.77. The molecule has 1 N–H and O–H groups in total. The van der Waals surface area contributed by atoms with Gasteiger partial charge in [0, 0.05) is 36.2 Å². The van der Waals surface area contributed by atoms with Gasteiger partial charge in [0.25, 0.3) is 0 Å². The van der Waals surface area contributed by atoms with E-state index in [2.05, 4.69) is 52.2 Å². The van der Waals surface area contributed by atoms with Crippen LogP contribution in [0.5, 0.6) is 5.75 Å². The van der Waals surface area contributed by atoms with E-state index in [1.54, 1.807) is 0 Å². The third kappa shape index (κ3) is 3.53. The van der Waals surface area contributed by atoms with E-state index in [1.807, 2.05) is 12.4 Å². The molecule has 2 aliphatic heterocycles. The Hall–Kier alpha value is -1.98. The quantitative estimate of drug-likeness (QED) is 0.932. The summed E-state index contributed by atoms with van der Waals surface area (Å²) in [7, 11) is 0. The summed E-state index contributed by atoms with van der Waals surface area (Å²) >= 11 is 0. The normalized spacial score (nSPS) is 19.9. The summed E-state index contributed by atoms with van der Waals surface area (Å²) in [6.07, 6.45) is 5.01. The van der Waals surface area contributed by atoms with Crippen molar-refractivity contribution in [3.63, 3.8) is 0 Å². The summed E-state index contributed by atoms with van der Waals surface area (Å²) in [6, 6.07) is 6.33. The van der Waals surface area contributed by atoms with Crippen molar-refractivity contribution in [1.29, 1.82) is 0 Å². The third-order valence-electron chi connectivity index (χ3n) is 5.12. The van der Waals surface area contributed by atoms with Crippen LogP contribution in [0, 0.1) is 0 Å². The minimum atomic E-state index is 0.0551. The number of hydrogen-bond donors (Lipinski definition) is 1. The van der Waals surface area contributed by atoms with Gasteiger partial charge in [0.1, 0.15) is 5.75 Å². The number of rotatable bonds is 3. The molecule has 0 aliphatic carbocycles. The smallest absolute Gasteiger partial charge is 0.123 e. The minimum Gasteiger partial charge on any atom is -0.492 e. The fourth-order valence-corrected chi connectivity index (χ4v) is 3.55. The van der Waals surface area contributed by atoms with Crippen molar-refractivity contribution in [3.05, 3.63) is 41.9 Å². The molecule has 1 fully saturated rings. The molecule has 25 heavy (non-hydrogen) atoms. The van der Waals surface area contributed by atoms with E-state index >= 15 is 0 Å². The summed E-state index contributed by atoms with van der Waals surface area (Å²) in [5, 5.41) is 3.43. The molecule has 1 aromatic heterocycles. The highest BCUT2D eigenvalue weighted by Gasteiger charge is 2.31. The maximum absolute atomic E-state index is 5.77. The summed E-state index contributed by atoms with van der Waals surface area (Å²) in [5.74, 6) is 0.994. The standard InChI is InChI=1S/C20H26N4O/c1-20(2)14-25-19-5-4-15(10-17(19)20)18-12-22-16(11-23-18)13-24-8-3-6-21-7-9-24/h4-5,10-12,21H,3,6-9,13-14H2,1-2H3. The van der Waals surface area contributed by atoms with Gasteiger partial charge >= 0.3 is 0 Å². The molecule has 5 nitrogen and oxygen atoms in total. The number of benzene rings is 1. The number of hydrogen-bond acceptors (Lipinski definition) is 5. The van der Waals surface area contributed by atoms with E-state index < -0.39 is 0 Å². The summed E-state index contributed by atoms with van der Waals surface area (Å²) in [5.41, 5.74) is 4.38. The second-order valence-electron chi connectivity index (χ2n) is 7.66. The van der Waals surface area contributed by atoms with Gasteiger partial charge in [-0.25, -0.2) is 0 Å². The topological polar surface area (TPSA) is 50.3 Å². The maximum Gasteiger partial charge on any atom is 0.123 e. The molecule has 0 radical (unpaired) electrons. The van der Waals surface area contributed by atoms with Crippen molar-refractivity contribution in [3.8, 4) is 17.0 Å². The van der Waals surface area contributed by atoms with Gasteiger partial charge in [0.05, 0.1) is 30.4 Å². The second kappa shape index (κ2) is 6.73. The Morgan fingerprint density at radius 1 is 1.16 bits per heavy atom. The highest BCUT2D eigenvalue weighted by Crippen LogP contribution is 2.40. The minimum absolute atomic E-state index is 0.0551. The zero-order valence-electron chi connectivity index (χ0n) is 15.1. The lowest BCUT2D eigenvalue weighted by Gasteiger charge is -2.18. The van der Waals surface area contributed by atoms with Crippen LogP contribution in [0.25, 0.3) is 11.3 Å². The van der Waals surface area contributed by atoms with Crippen molar-refractivity contribution in [2.45, 2.75) is 32.2 Å². The molecule has 1 aromatic carbocycles. The molecule has 2 aliphatic rings. The van der Waals surface area contributed by atoms with Crippen molar-refractivity contribution in [2.75, 3.05) is 32.8 Å². The van der Waals surface area contributed by atoms with E-state index in [4.69, 9.17) is 4.74 Å². The van der Waals surface area contributed by atoms with Gasteiger partial charge in [0.2, 0.25) is 0 Å². The predicted molar refractivity (Wildman–Crippen MR) is 98.8 cm³/mol. The van der Waals surface area contributed by atoms with Crippen LogP contribution in [-0.4, -0.2) is 47.7 Å². The number of nitrogens with zero attached hydrogens (tertiary/aromatic N) is 3. The van der Waals surface area contributed by atoms with Crippen LogP contribution >= 0.6 is 0 Å². The Labute approximate surface area is 149 Å². The molecule has 2 aromatic rings. The Kier molecular flexibility index (Phi) is 4.44. The zero-order valence-corrected chi connectivity index (χ0v) is 15.1. The summed E-state index contributed by atoms with van der Waals surface area (Å²) in [6.45, 7) is 10.4. The van der Waals surface area contributed by atoms with Crippen LogP contribution in [0.1, 0.15) is 31.5 Å². The monoisotopic (exact) mass is 338 g/mol. The van der Waals surface area contributed by atoms with Gasteiger partial charge in [-0.05, 0) is 37.7 Å². The van der Waals surface area contributed by atoms with Crippen molar-refractivity contribution in [2.24, 2.45) is 0 Å². The molecule has 4 rings (SSSR count). The number of fused-ring (bicyclic) bond motifs is 1. The SMILES string of the molecule is CC1(C)COc2ccc(-c3cnc(CN4CCCNCC4)cn3)cc21. The molecule has 1 saturated heterocycles. The molecule has 0 saturated carbocycles. The fourth-order valence-electron chi connectivity index (χ4n) is 3.55. The molecule has 0 amide bonds. The van der Waals surface area contributed by atoms with Crippen molar-refractivity contribution < 1.29 is 4.74 Å². The van der Waals surface area contributed by atoms with Gasteiger partial charge in [-0.2, -0.15) is 0 Å². The van der Waals surface area contributed by atoms with E-state index in [9.17, 15) is 0 Å². The lowest BCUT2D eigenvalue weighted by molar-refractivity contribution is 0.280. The highest BCUT2D eigenvalue weighted by molar-refractivity contribution is 5.63. The van der Waals surface area contributed by atoms with Crippen LogP contribution in [0.15, 0.2) is 30.6 Å². The fraction of sp³-hybridized carbons (Fsp3) is 0.500. The molecule has 0 bridgehead atoms. The molecule has 0 atom stereocenters. The average Bonchev–Trinajstić information content (AvgIpc) is 2.79. The highest BCUT2D eigenvalue weighted by atomic mass is 16.5. The molecule has 0 unspecified atom stereocenters. The Bertz CT molecular complexity index is 734. The van der Waals surface area contributed by atoms with Crippen LogP contribution < -0.4 is 10.1 Å². The average molecular weight is 338 g/mol. The van der Waals surface area contributed by atoms with E-state index in [1.165, 1.54) is 12.0 Å². The number of aromatic nitrogens is 2. The largest absolute Gasteiger partial charge is 0.492 e. The first kappa shape index (κ1) is 16.5. The summed E-state index contributed by atoms with van der Waals surface area (Å²) in [4.78, 5) is 11.8. The number of ether oxygens (including phenoxy) is 1. The van der Waals surface area contributed by atoms with Crippen LogP contribution in [-0.2, 0) is 12.0 Å². The third-order valence-corrected chi connectivity index (χ3v) is 5.12. The predicted octanol–water partition coefficient (Wildman–Crippen LogP) is 2.61. The second-order valence-corrected chi connectivity index (χ2v) is 7.66. The molecule has 132 valence electrons. The van der Waals surface area contributed by atoms with Crippen LogP contribution in [0.3, 0.4) is 0 Å². The van der Waals surface area contributed by atoms with Crippen LogP contribution in [0.2, 0.25) is 0 Å². The first-order valence-corrected chi connectivity index (χ1v) is 9.13. The molecular weight excluding hydrogens is 312 g/mol. The van der Waals surface area contributed by atoms with Crippen molar-refractivity contribution in [1.82, 2.24) is 20.2 Å². The molecule has 0 spiro atoms. The lowest BCUT2D eigenvalue weighted by atomic mass is 9.86. The Morgan fingerprint density at radius 3 is 2.92 bits per heavy atom. The van der Waals surface area contributed by atoms with Crippen LogP contribution in [0.4, 0.5) is 0 Å². The Balaban J connectivity index is 1.51. The van der Waals surface area contributed by atoms with Crippen molar-refractivity contribution >= 4 is 0 Å². The van der Waals surface area contributed by atoms with Gasteiger partial charge in [-0.1, -0.05) is 13.8 Å². The maximum atomic E-state index is 5.77.